The fraction of sp³-hybridized carbons (Fsp3) is 0.417. The Bertz CT molecular complexity index is 349. The molecule has 1 atom stereocenters. The molecule has 1 heterocycles. The van der Waals surface area contributed by atoms with Crippen molar-refractivity contribution in [2.24, 2.45) is 0 Å². The lowest BCUT2D eigenvalue weighted by Gasteiger charge is -2.08. The number of aromatic nitrogens is 1. The lowest BCUT2D eigenvalue weighted by atomic mass is 10.1. The van der Waals surface area contributed by atoms with Crippen LogP contribution in [0.2, 0.25) is 0 Å². The molecule has 0 aliphatic carbocycles. The number of aryl methyl sites for hydroxylation is 1. The highest BCUT2D eigenvalue weighted by Gasteiger charge is 2.07. The monoisotopic (exact) mass is 189 g/mol. The summed E-state index contributed by atoms with van der Waals surface area (Å²) in [6, 6.07) is 3.83. The summed E-state index contributed by atoms with van der Waals surface area (Å²) in [4.78, 5) is 4.12. The standard InChI is InChI=1S/C12H15NO/c1-3-4-5-6-12(14)11-9-10(2)7-8-13-11/h7-9,12,14H,5-6H2,1-2H3. The molecule has 1 aromatic heterocycles. The van der Waals surface area contributed by atoms with Gasteiger partial charge in [-0.3, -0.25) is 4.98 Å². The van der Waals surface area contributed by atoms with Gasteiger partial charge >= 0.3 is 0 Å². The summed E-state index contributed by atoms with van der Waals surface area (Å²) in [5.74, 6) is 5.73. The van der Waals surface area contributed by atoms with Crippen molar-refractivity contribution < 1.29 is 5.11 Å². The minimum atomic E-state index is -0.490. The minimum Gasteiger partial charge on any atom is -0.387 e. The third-order valence-electron chi connectivity index (χ3n) is 2.00. The van der Waals surface area contributed by atoms with Gasteiger partial charge in [0.15, 0.2) is 0 Å². The second-order valence-corrected chi connectivity index (χ2v) is 3.24. The second kappa shape index (κ2) is 5.41. The molecule has 0 aliphatic heterocycles. The first-order valence-corrected chi connectivity index (χ1v) is 4.74. The van der Waals surface area contributed by atoms with Gasteiger partial charge in [0.25, 0.3) is 0 Å². The van der Waals surface area contributed by atoms with Crippen LogP contribution in [0.15, 0.2) is 18.3 Å². The van der Waals surface area contributed by atoms with Gasteiger partial charge in [-0.15, -0.1) is 11.8 Å². The van der Waals surface area contributed by atoms with E-state index in [0.717, 1.165) is 11.3 Å². The van der Waals surface area contributed by atoms with Crippen LogP contribution < -0.4 is 0 Å². The summed E-state index contributed by atoms with van der Waals surface area (Å²) in [6.45, 7) is 3.79. The fourth-order valence-corrected chi connectivity index (χ4v) is 1.22. The van der Waals surface area contributed by atoms with Crippen molar-refractivity contribution in [1.29, 1.82) is 0 Å². The van der Waals surface area contributed by atoms with E-state index in [4.69, 9.17) is 0 Å². The normalized spacial score (nSPS) is 11.6. The van der Waals surface area contributed by atoms with Crippen molar-refractivity contribution in [3.63, 3.8) is 0 Å². The zero-order chi connectivity index (χ0) is 10.4. The van der Waals surface area contributed by atoms with E-state index >= 15 is 0 Å². The van der Waals surface area contributed by atoms with E-state index in [-0.39, 0.29) is 0 Å². The molecule has 0 bridgehead atoms. The fourth-order valence-electron chi connectivity index (χ4n) is 1.22. The number of pyridine rings is 1. The van der Waals surface area contributed by atoms with Crippen LogP contribution in [-0.4, -0.2) is 10.1 Å². The van der Waals surface area contributed by atoms with E-state index in [2.05, 4.69) is 16.8 Å². The van der Waals surface area contributed by atoms with Crippen molar-refractivity contribution in [2.75, 3.05) is 0 Å². The van der Waals surface area contributed by atoms with Gasteiger partial charge in [0.05, 0.1) is 11.8 Å². The average Bonchev–Trinajstić information content (AvgIpc) is 2.18. The van der Waals surface area contributed by atoms with Gasteiger partial charge in [-0.1, -0.05) is 0 Å². The van der Waals surface area contributed by atoms with E-state index in [9.17, 15) is 5.11 Å². The molecule has 1 aromatic rings. The van der Waals surface area contributed by atoms with Gasteiger partial charge in [-0.2, -0.15) is 0 Å². The number of rotatable bonds is 3. The molecule has 74 valence electrons. The lowest BCUT2D eigenvalue weighted by molar-refractivity contribution is 0.164. The van der Waals surface area contributed by atoms with Crippen molar-refractivity contribution >= 4 is 0 Å². The molecule has 1 rings (SSSR count). The molecule has 2 heteroatoms. The molecule has 0 amide bonds. The Morgan fingerprint density at radius 1 is 1.57 bits per heavy atom. The molecule has 1 N–H and O–H groups in total. The molecule has 0 saturated carbocycles. The Morgan fingerprint density at radius 2 is 2.36 bits per heavy atom. The van der Waals surface area contributed by atoms with Crippen molar-refractivity contribution in [2.45, 2.75) is 32.8 Å². The van der Waals surface area contributed by atoms with E-state index in [1.54, 1.807) is 13.1 Å². The average molecular weight is 189 g/mol. The largest absolute Gasteiger partial charge is 0.387 e. The topological polar surface area (TPSA) is 33.1 Å². The summed E-state index contributed by atoms with van der Waals surface area (Å²) in [5, 5.41) is 9.74. The number of aliphatic hydroxyl groups excluding tert-OH is 1. The lowest BCUT2D eigenvalue weighted by Crippen LogP contribution is -2.00. The maximum Gasteiger partial charge on any atom is 0.0968 e. The van der Waals surface area contributed by atoms with Crippen LogP contribution in [-0.2, 0) is 0 Å². The Hall–Kier alpha value is -1.33. The van der Waals surface area contributed by atoms with Crippen LogP contribution in [0, 0.1) is 18.8 Å². The first-order valence-electron chi connectivity index (χ1n) is 4.74. The molecule has 0 spiro atoms. The Kier molecular flexibility index (Phi) is 4.15. The van der Waals surface area contributed by atoms with Crippen LogP contribution in [0.4, 0.5) is 0 Å². The van der Waals surface area contributed by atoms with Gasteiger partial charge in [0, 0.05) is 12.6 Å². The number of hydrogen-bond acceptors (Lipinski definition) is 2. The van der Waals surface area contributed by atoms with Crippen LogP contribution >= 0.6 is 0 Å². The van der Waals surface area contributed by atoms with E-state index in [0.29, 0.717) is 12.8 Å². The predicted octanol–water partition coefficient (Wildman–Crippen LogP) is 2.23. The Labute approximate surface area is 85.0 Å². The van der Waals surface area contributed by atoms with Gasteiger partial charge in [0.2, 0.25) is 0 Å². The van der Waals surface area contributed by atoms with E-state index in [1.165, 1.54) is 0 Å². The molecule has 0 saturated heterocycles. The van der Waals surface area contributed by atoms with Crippen molar-refractivity contribution in [3.05, 3.63) is 29.6 Å². The van der Waals surface area contributed by atoms with Gasteiger partial charge < -0.3 is 5.11 Å². The summed E-state index contributed by atoms with van der Waals surface area (Å²) >= 11 is 0. The van der Waals surface area contributed by atoms with Crippen LogP contribution in [0.5, 0.6) is 0 Å². The van der Waals surface area contributed by atoms with Crippen LogP contribution in [0.1, 0.15) is 37.1 Å². The number of hydrogen-bond donors (Lipinski definition) is 1. The predicted molar refractivity (Wildman–Crippen MR) is 56.6 cm³/mol. The van der Waals surface area contributed by atoms with Crippen LogP contribution in [0.3, 0.4) is 0 Å². The first-order chi connectivity index (χ1) is 6.74. The third-order valence-corrected chi connectivity index (χ3v) is 2.00. The van der Waals surface area contributed by atoms with Gasteiger partial charge in [-0.05, 0) is 38.0 Å². The molecule has 0 radical (unpaired) electrons. The van der Waals surface area contributed by atoms with E-state index < -0.39 is 6.10 Å². The molecule has 0 aliphatic rings. The Balaban J connectivity index is 2.58. The SMILES string of the molecule is CC#CCCC(O)c1cc(C)ccn1. The molecule has 0 aromatic carbocycles. The molecule has 1 unspecified atom stereocenters. The first kappa shape index (κ1) is 10.7. The number of nitrogens with zero attached hydrogens (tertiary/aromatic N) is 1. The Morgan fingerprint density at radius 3 is 3.00 bits per heavy atom. The molecular weight excluding hydrogens is 174 g/mol. The number of aliphatic hydroxyl groups is 1. The smallest absolute Gasteiger partial charge is 0.0968 e. The zero-order valence-electron chi connectivity index (χ0n) is 8.62. The molecule has 2 nitrogen and oxygen atoms in total. The highest BCUT2D eigenvalue weighted by atomic mass is 16.3. The highest BCUT2D eigenvalue weighted by molar-refractivity contribution is 5.16. The quantitative estimate of drug-likeness (QED) is 0.740. The zero-order valence-corrected chi connectivity index (χ0v) is 8.62. The summed E-state index contributed by atoms with van der Waals surface area (Å²) in [6.07, 6.45) is 2.60. The molecule has 14 heavy (non-hydrogen) atoms. The van der Waals surface area contributed by atoms with Crippen molar-refractivity contribution in [3.8, 4) is 11.8 Å². The third kappa shape index (κ3) is 3.20. The summed E-state index contributed by atoms with van der Waals surface area (Å²) in [5.41, 5.74) is 1.86. The van der Waals surface area contributed by atoms with Gasteiger partial charge in [0.1, 0.15) is 0 Å². The van der Waals surface area contributed by atoms with E-state index in [1.807, 2.05) is 19.1 Å². The van der Waals surface area contributed by atoms with Crippen LogP contribution in [0.25, 0.3) is 0 Å². The van der Waals surface area contributed by atoms with Crippen molar-refractivity contribution in [1.82, 2.24) is 4.98 Å². The summed E-state index contributed by atoms with van der Waals surface area (Å²) in [7, 11) is 0. The van der Waals surface area contributed by atoms with Gasteiger partial charge in [-0.25, -0.2) is 0 Å². The maximum atomic E-state index is 9.74. The highest BCUT2D eigenvalue weighted by Crippen LogP contribution is 2.16. The molecule has 0 fully saturated rings. The maximum absolute atomic E-state index is 9.74. The second-order valence-electron chi connectivity index (χ2n) is 3.24. The summed E-state index contributed by atoms with van der Waals surface area (Å²) < 4.78 is 0. The minimum absolute atomic E-state index is 0.490. The molecular formula is C12H15NO.